The second-order valence-corrected chi connectivity index (χ2v) is 6.88. The number of benzene rings is 2. The standard InChI is InChI=1S/C20H22ClN5/c1-12(2)14-5-8-15(9-6-14)25-19-18(22)20(24-11-23-19)26-16-7-4-13(3)17(21)10-16/h4-12H,22H2,1-3H3,(H2,23,24,25,26). The molecule has 5 nitrogen and oxygen atoms in total. The molecule has 6 heteroatoms. The van der Waals surface area contributed by atoms with Crippen LogP contribution < -0.4 is 16.4 Å². The number of aryl methyl sites for hydroxylation is 1. The van der Waals surface area contributed by atoms with E-state index in [0.717, 1.165) is 16.9 Å². The monoisotopic (exact) mass is 367 g/mol. The minimum Gasteiger partial charge on any atom is -0.393 e. The van der Waals surface area contributed by atoms with Crippen molar-refractivity contribution in [1.29, 1.82) is 0 Å². The zero-order valence-corrected chi connectivity index (χ0v) is 15.8. The molecule has 0 bridgehead atoms. The average molecular weight is 368 g/mol. The molecule has 0 radical (unpaired) electrons. The van der Waals surface area contributed by atoms with Gasteiger partial charge in [-0.15, -0.1) is 0 Å². The minimum absolute atomic E-state index is 0.442. The van der Waals surface area contributed by atoms with Crippen molar-refractivity contribution < 1.29 is 0 Å². The lowest BCUT2D eigenvalue weighted by molar-refractivity contribution is 0.867. The van der Waals surface area contributed by atoms with Crippen molar-refractivity contribution in [3.8, 4) is 0 Å². The maximum atomic E-state index is 6.24. The molecule has 0 spiro atoms. The van der Waals surface area contributed by atoms with Gasteiger partial charge in [0.05, 0.1) is 0 Å². The topological polar surface area (TPSA) is 75.9 Å². The van der Waals surface area contributed by atoms with Gasteiger partial charge in [-0.1, -0.05) is 43.6 Å². The quantitative estimate of drug-likeness (QED) is 0.544. The molecule has 0 amide bonds. The van der Waals surface area contributed by atoms with Crippen LogP contribution in [-0.4, -0.2) is 9.97 Å². The molecule has 1 aromatic heterocycles. The van der Waals surface area contributed by atoms with Gasteiger partial charge >= 0.3 is 0 Å². The molecule has 0 fully saturated rings. The summed E-state index contributed by atoms with van der Waals surface area (Å²) < 4.78 is 0. The number of nitrogen functional groups attached to an aromatic ring is 1. The highest BCUT2D eigenvalue weighted by atomic mass is 35.5. The average Bonchev–Trinajstić information content (AvgIpc) is 2.62. The third-order valence-corrected chi connectivity index (χ3v) is 4.57. The third-order valence-electron chi connectivity index (χ3n) is 4.16. The van der Waals surface area contributed by atoms with Crippen LogP contribution in [0.2, 0.25) is 5.02 Å². The smallest absolute Gasteiger partial charge is 0.159 e. The van der Waals surface area contributed by atoms with E-state index in [-0.39, 0.29) is 0 Å². The number of nitrogens with two attached hydrogens (primary N) is 1. The van der Waals surface area contributed by atoms with Crippen molar-refractivity contribution in [2.45, 2.75) is 26.7 Å². The molecule has 0 saturated heterocycles. The first-order valence-corrected chi connectivity index (χ1v) is 8.82. The zero-order valence-electron chi connectivity index (χ0n) is 15.0. The Morgan fingerprint density at radius 2 is 1.50 bits per heavy atom. The van der Waals surface area contributed by atoms with E-state index in [0.29, 0.717) is 28.3 Å². The van der Waals surface area contributed by atoms with E-state index < -0.39 is 0 Å². The fourth-order valence-corrected chi connectivity index (χ4v) is 2.67. The summed E-state index contributed by atoms with van der Waals surface area (Å²) in [5.74, 6) is 1.57. The van der Waals surface area contributed by atoms with Crippen LogP contribution in [0.15, 0.2) is 48.8 Å². The summed E-state index contributed by atoms with van der Waals surface area (Å²) in [6.07, 6.45) is 1.47. The summed E-state index contributed by atoms with van der Waals surface area (Å²) in [7, 11) is 0. The van der Waals surface area contributed by atoms with Crippen molar-refractivity contribution in [2.75, 3.05) is 16.4 Å². The molecule has 3 rings (SSSR count). The highest BCUT2D eigenvalue weighted by Gasteiger charge is 2.10. The maximum absolute atomic E-state index is 6.24. The first-order valence-electron chi connectivity index (χ1n) is 8.44. The molecule has 0 unspecified atom stereocenters. The number of anilines is 5. The second-order valence-electron chi connectivity index (χ2n) is 6.48. The normalized spacial score (nSPS) is 10.8. The van der Waals surface area contributed by atoms with Gasteiger partial charge < -0.3 is 16.4 Å². The Labute approximate surface area is 158 Å². The van der Waals surface area contributed by atoms with E-state index in [4.69, 9.17) is 17.3 Å². The van der Waals surface area contributed by atoms with Crippen molar-refractivity contribution in [1.82, 2.24) is 9.97 Å². The molecular formula is C20H22ClN5. The van der Waals surface area contributed by atoms with Crippen LogP contribution in [0, 0.1) is 6.92 Å². The van der Waals surface area contributed by atoms with Crippen molar-refractivity contribution in [2.24, 2.45) is 0 Å². The van der Waals surface area contributed by atoms with Gasteiger partial charge in [0.25, 0.3) is 0 Å². The van der Waals surface area contributed by atoms with Crippen LogP contribution in [0.3, 0.4) is 0 Å². The van der Waals surface area contributed by atoms with Crippen LogP contribution in [0.5, 0.6) is 0 Å². The predicted molar refractivity (Wildman–Crippen MR) is 110 cm³/mol. The van der Waals surface area contributed by atoms with Crippen LogP contribution in [0.1, 0.15) is 30.9 Å². The summed E-state index contributed by atoms with van der Waals surface area (Å²) in [4.78, 5) is 8.49. The molecule has 0 aliphatic carbocycles. The van der Waals surface area contributed by atoms with Gasteiger partial charge in [0.1, 0.15) is 12.0 Å². The molecule has 134 valence electrons. The van der Waals surface area contributed by atoms with Gasteiger partial charge in [-0.25, -0.2) is 9.97 Å². The number of hydrogen-bond donors (Lipinski definition) is 3. The fourth-order valence-electron chi connectivity index (χ4n) is 2.49. The van der Waals surface area contributed by atoms with E-state index >= 15 is 0 Å². The fraction of sp³-hybridized carbons (Fsp3) is 0.200. The Morgan fingerprint density at radius 3 is 2.08 bits per heavy atom. The lowest BCUT2D eigenvalue weighted by Crippen LogP contribution is -2.05. The zero-order chi connectivity index (χ0) is 18.7. The molecular weight excluding hydrogens is 346 g/mol. The summed E-state index contributed by atoms with van der Waals surface area (Å²) in [5, 5.41) is 7.12. The van der Waals surface area contributed by atoms with Gasteiger partial charge in [0, 0.05) is 16.4 Å². The molecule has 1 heterocycles. The Kier molecular flexibility index (Phi) is 5.28. The first kappa shape index (κ1) is 18.0. The highest BCUT2D eigenvalue weighted by Crippen LogP contribution is 2.30. The summed E-state index contributed by atoms with van der Waals surface area (Å²) in [6, 6.07) is 13.9. The Bertz CT molecular complexity index is 907. The van der Waals surface area contributed by atoms with Crippen molar-refractivity contribution in [3.05, 3.63) is 64.9 Å². The maximum Gasteiger partial charge on any atom is 0.159 e. The molecule has 4 N–H and O–H groups in total. The summed E-state index contributed by atoms with van der Waals surface area (Å²) >= 11 is 6.18. The largest absolute Gasteiger partial charge is 0.393 e. The van der Waals surface area contributed by atoms with Crippen molar-refractivity contribution >= 4 is 40.3 Å². The SMILES string of the molecule is Cc1ccc(Nc2ncnc(Nc3ccc(C(C)C)cc3)c2N)cc1Cl. The van der Waals surface area contributed by atoms with E-state index in [9.17, 15) is 0 Å². The lowest BCUT2D eigenvalue weighted by Gasteiger charge is -2.13. The molecule has 3 aromatic rings. The van der Waals surface area contributed by atoms with Gasteiger partial charge in [0.2, 0.25) is 0 Å². The number of hydrogen-bond acceptors (Lipinski definition) is 5. The number of nitrogens with one attached hydrogen (secondary N) is 2. The van der Waals surface area contributed by atoms with Gasteiger partial charge in [0.15, 0.2) is 11.6 Å². The Hall–Kier alpha value is -2.79. The number of rotatable bonds is 5. The van der Waals surface area contributed by atoms with Gasteiger partial charge in [-0.05, 0) is 48.2 Å². The molecule has 26 heavy (non-hydrogen) atoms. The number of aromatic nitrogens is 2. The first-order chi connectivity index (χ1) is 12.4. The molecule has 0 atom stereocenters. The van der Waals surface area contributed by atoms with E-state index in [1.807, 2.05) is 37.3 Å². The van der Waals surface area contributed by atoms with Crippen molar-refractivity contribution in [3.63, 3.8) is 0 Å². The highest BCUT2D eigenvalue weighted by molar-refractivity contribution is 6.31. The Balaban J connectivity index is 1.81. The van der Waals surface area contributed by atoms with E-state index in [1.165, 1.54) is 11.9 Å². The number of halogens is 1. The van der Waals surface area contributed by atoms with Crippen LogP contribution >= 0.6 is 11.6 Å². The van der Waals surface area contributed by atoms with Gasteiger partial charge in [-0.3, -0.25) is 0 Å². The predicted octanol–water partition coefficient (Wildman–Crippen LogP) is 5.63. The van der Waals surface area contributed by atoms with Crippen LogP contribution in [0.4, 0.5) is 28.7 Å². The lowest BCUT2D eigenvalue weighted by atomic mass is 10.0. The number of nitrogens with zero attached hydrogens (tertiary/aromatic N) is 2. The third kappa shape index (κ3) is 4.06. The second kappa shape index (κ2) is 7.62. The molecule has 2 aromatic carbocycles. The van der Waals surface area contributed by atoms with Crippen LogP contribution in [-0.2, 0) is 0 Å². The summed E-state index contributed by atoms with van der Waals surface area (Å²) in [6.45, 7) is 6.29. The molecule has 0 aliphatic heterocycles. The van der Waals surface area contributed by atoms with E-state index in [2.05, 4.69) is 46.6 Å². The Morgan fingerprint density at radius 1 is 0.923 bits per heavy atom. The molecule has 0 aliphatic rings. The van der Waals surface area contributed by atoms with E-state index in [1.54, 1.807) is 0 Å². The minimum atomic E-state index is 0.442. The molecule has 0 saturated carbocycles. The summed E-state index contributed by atoms with van der Waals surface area (Å²) in [5.41, 5.74) is 10.7. The van der Waals surface area contributed by atoms with Gasteiger partial charge in [-0.2, -0.15) is 0 Å². The van der Waals surface area contributed by atoms with Crippen LogP contribution in [0.25, 0.3) is 0 Å².